The van der Waals surface area contributed by atoms with Gasteiger partial charge in [-0.2, -0.15) is 0 Å². The number of aliphatic hydroxyl groups is 1. The van der Waals surface area contributed by atoms with Crippen molar-refractivity contribution in [2.45, 2.75) is 24.5 Å². The van der Waals surface area contributed by atoms with E-state index in [2.05, 4.69) is 5.32 Å². The van der Waals surface area contributed by atoms with Crippen molar-refractivity contribution in [2.24, 2.45) is 0 Å². The maximum Gasteiger partial charge on any atom is 0.347 e. The molecule has 2 N–H and O–H groups in total. The normalized spacial score (nSPS) is 16.0. The van der Waals surface area contributed by atoms with E-state index in [0.717, 1.165) is 25.9 Å². The minimum absolute atomic E-state index is 0.150. The molecule has 2 aromatic rings. The molecule has 4 heteroatoms. The average molecular weight is 311 g/mol. The Labute approximate surface area is 136 Å². The minimum Gasteiger partial charge on any atom is -0.460 e. The third kappa shape index (κ3) is 3.28. The maximum atomic E-state index is 12.8. The van der Waals surface area contributed by atoms with Crippen molar-refractivity contribution in [1.82, 2.24) is 5.32 Å². The second-order valence-corrected chi connectivity index (χ2v) is 5.80. The van der Waals surface area contributed by atoms with Crippen LogP contribution in [-0.4, -0.2) is 30.3 Å². The van der Waals surface area contributed by atoms with Gasteiger partial charge in [-0.1, -0.05) is 60.7 Å². The number of hydrogen-bond acceptors (Lipinski definition) is 4. The first-order chi connectivity index (χ1) is 11.2. The Hall–Kier alpha value is -2.17. The van der Waals surface area contributed by atoms with Crippen LogP contribution in [-0.2, 0) is 15.1 Å². The number of benzene rings is 2. The van der Waals surface area contributed by atoms with E-state index in [-0.39, 0.29) is 6.10 Å². The summed E-state index contributed by atoms with van der Waals surface area (Å²) in [6.45, 7) is 1.65. The lowest BCUT2D eigenvalue weighted by Gasteiger charge is -2.30. The lowest BCUT2D eigenvalue weighted by molar-refractivity contribution is -0.169. The number of hydrogen-bond donors (Lipinski definition) is 2. The van der Waals surface area contributed by atoms with E-state index in [1.165, 1.54) is 0 Å². The van der Waals surface area contributed by atoms with Crippen LogP contribution in [0, 0.1) is 0 Å². The second kappa shape index (κ2) is 6.94. The molecule has 23 heavy (non-hydrogen) atoms. The largest absolute Gasteiger partial charge is 0.460 e. The highest BCUT2D eigenvalue weighted by atomic mass is 16.6. The van der Waals surface area contributed by atoms with E-state index < -0.39 is 11.6 Å². The highest BCUT2D eigenvalue weighted by Crippen LogP contribution is 2.32. The van der Waals surface area contributed by atoms with Crippen molar-refractivity contribution in [3.05, 3.63) is 71.8 Å². The number of carbonyl (C=O) groups is 1. The van der Waals surface area contributed by atoms with Crippen molar-refractivity contribution in [2.75, 3.05) is 13.1 Å². The molecule has 0 atom stereocenters. The van der Waals surface area contributed by atoms with Crippen molar-refractivity contribution < 1.29 is 14.6 Å². The molecule has 0 aliphatic carbocycles. The fraction of sp³-hybridized carbons (Fsp3) is 0.316. The summed E-state index contributed by atoms with van der Waals surface area (Å²) in [4.78, 5) is 12.8. The molecule has 1 fully saturated rings. The molecule has 0 unspecified atom stereocenters. The summed E-state index contributed by atoms with van der Waals surface area (Å²) < 4.78 is 5.64. The van der Waals surface area contributed by atoms with Crippen molar-refractivity contribution >= 4 is 5.97 Å². The van der Waals surface area contributed by atoms with Crippen LogP contribution in [0.4, 0.5) is 0 Å². The zero-order valence-electron chi connectivity index (χ0n) is 12.9. The topological polar surface area (TPSA) is 58.6 Å². The van der Waals surface area contributed by atoms with Crippen LogP contribution in [0.2, 0.25) is 0 Å². The number of esters is 1. The van der Waals surface area contributed by atoms with E-state index in [9.17, 15) is 9.90 Å². The Bertz CT molecular complexity index is 597. The molecule has 4 nitrogen and oxygen atoms in total. The molecule has 0 saturated carbocycles. The van der Waals surface area contributed by atoms with E-state index in [4.69, 9.17) is 4.74 Å². The SMILES string of the molecule is O=C(OC1CCNCC1)C(O)(c1ccccc1)c1ccccc1. The van der Waals surface area contributed by atoms with E-state index in [0.29, 0.717) is 11.1 Å². The number of piperidine rings is 1. The van der Waals surface area contributed by atoms with Crippen LogP contribution in [0.1, 0.15) is 24.0 Å². The van der Waals surface area contributed by atoms with Gasteiger partial charge in [0.15, 0.2) is 0 Å². The second-order valence-electron chi connectivity index (χ2n) is 5.80. The highest BCUT2D eigenvalue weighted by molar-refractivity contribution is 5.85. The highest BCUT2D eigenvalue weighted by Gasteiger charge is 2.42. The van der Waals surface area contributed by atoms with Gasteiger partial charge in [-0.3, -0.25) is 0 Å². The van der Waals surface area contributed by atoms with Crippen LogP contribution in [0.3, 0.4) is 0 Å². The average Bonchev–Trinajstić information content (AvgIpc) is 2.63. The summed E-state index contributed by atoms with van der Waals surface area (Å²) in [6.07, 6.45) is 1.39. The van der Waals surface area contributed by atoms with Gasteiger partial charge in [0.05, 0.1) is 0 Å². The van der Waals surface area contributed by atoms with Crippen LogP contribution in [0.25, 0.3) is 0 Å². The van der Waals surface area contributed by atoms with Gasteiger partial charge in [0.2, 0.25) is 5.60 Å². The minimum atomic E-state index is -1.78. The maximum absolute atomic E-state index is 12.8. The van der Waals surface area contributed by atoms with E-state index >= 15 is 0 Å². The summed E-state index contributed by atoms with van der Waals surface area (Å²) >= 11 is 0. The smallest absolute Gasteiger partial charge is 0.347 e. The Morgan fingerprint density at radius 3 is 1.91 bits per heavy atom. The van der Waals surface area contributed by atoms with Gasteiger partial charge in [-0.15, -0.1) is 0 Å². The predicted octanol–water partition coefficient (Wildman–Crippen LogP) is 2.22. The first-order valence-electron chi connectivity index (χ1n) is 7.96. The molecule has 0 spiro atoms. The zero-order chi connectivity index (χ0) is 16.1. The van der Waals surface area contributed by atoms with Gasteiger partial charge < -0.3 is 15.2 Å². The lowest BCUT2D eigenvalue weighted by atomic mass is 9.86. The summed E-state index contributed by atoms with van der Waals surface area (Å²) in [6, 6.07) is 17.9. The van der Waals surface area contributed by atoms with Gasteiger partial charge in [-0.25, -0.2) is 4.79 Å². The molecule has 0 amide bonds. The molecule has 2 aromatic carbocycles. The molecule has 1 heterocycles. The van der Waals surface area contributed by atoms with Gasteiger partial charge in [0.1, 0.15) is 6.10 Å². The molecular weight excluding hydrogens is 290 g/mol. The molecule has 1 aliphatic heterocycles. The van der Waals surface area contributed by atoms with Crippen molar-refractivity contribution in [3.63, 3.8) is 0 Å². The summed E-state index contributed by atoms with van der Waals surface area (Å²) in [5.74, 6) is -0.609. The fourth-order valence-corrected chi connectivity index (χ4v) is 2.91. The van der Waals surface area contributed by atoms with Crippen LogP contribution < -0.4 is 5.32 Å². The zero-order valence-corrected chi connectivity index (χ0v) is 12.9. The lowest BCUT2D eigenvalue weighted by Crippen LogP contribution is -2.42. The number of nitrogens with one attached hydrogen (secondary N) is 1. The first kappa shape index (κ1) is 15.7. The molecule has 120 valence electrons. The van der Waals surface area contributed by atoms with Gasteiger partial charge in [0.25, 0.3) is 0 Å². The van der Waals surface area contributed by atoms with E-state index in [1.54, 1.807) is 48.5 Å². The molecule has 1 aliphatic rings. The third-order valence-electron chi connectivity index (χ3n) is 4.24. The van der Waals surface area contributed by atoms with Crippen molar-refractivity contribution in [3.8, 4) is 0 Å². The van der Waals surface area contributed by atoms with E-state index in [1.807, 2.05) is 12.1 Å². The predicted molar refractivity (Wildman–Crippen MR) is 87.9 cm³/mol. The molecular formula is C19H21NO3. The molecule has 1 saturated heterocycles. The number of carbonyl (C=O) groups excluding carboxylic acids is 1. The summed E-state index contributed by atoms with van der Waals surface area (Å²) in [5, 5.41) is 14.5. The van der Waals surface area contributed by atoms with Crippen LogP contribution in [0.15, 0.2) is 60.7 Å². The molecule has 0 bridgehead atoms. The molecule has 0 radical (unpaired) electrons. The summed E-state index contributed by atoms with van der Waals surface area (Å²) in [5.41, 5.74) is -0.747. The standard InChI is InChI=1S/C19H21NO3/c21-18(23-17-11-13-20-14-12-17)19(22,15-7-3-1-4-8-15)16-9-5-2-6-10-16/h1-10,17,20,22H,11-14H2. The number of ether oxygens (including phenoxy) is 1. The summed E-state index contributed by atoms with van der Waals surface area (Å²) in [7, 11) is 0. The monoisotopic (exact) mass is 311 g/mol. The third-order valence-corrected chi connectivity index (χ3v) is 4.24. The fourth-order valence-electron chi connectivity index (χ4n) is 2.91. The molecule has 0 aromatic heterocycles. The quantitative estimate of drug-likeness (QED) is 0.850. The van der Waals surface area contributed by atoms with Crippen LogP contribution in [0.5, 0.6) is 0 Å². The Morgan fingerprint density at radius 1 is 0.957 bits per heavy atom. The Morgan fingerprint density at radius 2 is 1.43 bits per heavy atom. The molecule has 3 rings (SSSR count). The Balaban J connectivity index is 1.93. The van der Waals surface area contributed by atoms with Gasteiger partial charge in [0, 0.05) is 0 Å². The van der Waals surface area contributed by atoms with Crippen molar-refractivity contribution in [1.29, 1.82) is 0 Å². The Kier molecular flexibility index (Phi) is 4.74. The number of rotatable bonds is 4. The van der Waals surface area contributed by atoms with Crippen LogP contribution >= 0.6 is 0 Å². The van der Waals surface area contributed by atoms with Gasteiger partial charge in [-0.05, 0) is 37.1 Å². The first-order valence-corrected chi connectivity index (χ1v) is 7.96. The van der Waals surface area contributed by atoms with Gasteiger partial charge >= 0.3 is 5.97 Å².